The van der Waals surface area contributed by atoms with Crippen LogP contribution in [0.3, 0.4) is 0 Å². The zero-order valence-corrected chi connectivity index (χ0v) is 10.3. The second kappa shape index (κ2) is 5.82. The number of benzene rings is 1. The molecule has 0 saturated heterocycles. The molecule has 1 rings (SSSR count). The van der Waals surface area contributed by atoms with E-state index in [4.69, 9.17) is 10.5 Å². The van der Waals surface area contributed by atoms with Crippen LogP contribution in [0.2, 0.25) is 0 Å². The van der Waals surface area contributed by atoms with Crippen molar-refractivity contribution >= 4 is 10.0 Å². The molecular formula is C11H10N4O2S. The van der Waals surface area contributed by atoms with Crippen LogP contribution in [0.15, 0.2) is 40.9 Å². The monoisotopic (exact) mass is 262 g/mol. The summed E-state index contributed by atoms with van der Waals surface area (Å²) in [6, 6.07) is 9.42. The number of allylic oxidation sites excluding steroid dienone is 1. The number of hydrazine groups is 1. The van der Waals surface area contributed by atoms with E-state index in [2.05, 4.69) is 5.43 Å². The Morgan fingerprint density at radius 2 is 1.78 bits per heavy atom. The smallest absolute Gasteiger partial charge is 0.257 e. The maximum Gasteiger partial charge on any atom is 0.257 e. The number of rotatable bonds is 4. The van der Waals surface area contributed by atoms with Gasteiger partial charge in [0.15, 0.2) is 0 Å². The van der Waals surface area contributed by atoms with Gasteiger partial charge in [0, 0.05) is 6.20 Å². The number of nitriles is 2. The van der Waals surface area contributed by atoms with Crippen LogP contribution >= 0.6 is 0 Å². The van der Waals surface area contributed by atoms with Crippen molar-refractivity contribution < 1.29 is 8.42 Å². The van der Waals surface area contributed by atoms with Gasteiger partial charge in [0.05, 0.1) is 4.90 Å². The summed E-state index contributed by atoms with van der Waals surface area (Å²) < 4.78 is 23.5. The average Bonchev–Trinajstić information content (AvgIpc) is 2.35. The summed E-state index contributed by atoms with van der Waals surface area (Å²) in [5, 5.41) is 16.9. The molecule has 6 nitrogen and oxygen atoms in total. The summed E-state index contributed by atoms with van der Waals surface area (Å²) in [7, 11) is -3.71. The number of nitrogens with one attached hydrogen (secondary N) is 2. The molecule has 0 aromatic heterocycles. The quantitative estimate of drug-likeness (QED) is 0.614. The van der Waals surface area contributed by atoms with E-state index < -0.39 is 10.0 Å². The summed E-state index contributed by atoms with van der Waals surface area (Å²) in [6.07, 6.45) is 0.978. The number of sulfonamides is 1. The molecule has 0 bridgehead atoms. The molecule has 92 valence electrons. The Morgan fingerprint density at radius 3 is 2.28 bits per heavy atom. The van der Waals surface area contributed by atoms with Gasteiger partial charge < -0.3 is 5.43 Å². The Labute approximate surface area is 105 Å². The molecule has 0 atom stereocenters. The van der Waals surface area contributed by atoms with E-state index in [1.807, 2.05) is 11.8 Å². The normalized spacial score (nSPS) is 9.94. The van der Waals surface area contributed by atoms with Crippen LogP contribution in [0.4, 0.5) is 0 Å². The molecule has 0 spiro atoms. The summed E-state index contributed by atoms with van der Waals surface area (Å²) in [4.78, 5) is 2.12. The van der Waals surface area contributed by atoms with Crippen LogP contribution in [-0.2, 0) is 10.0 Å². The van der Waals surface area contributed by atoms with Crippen LogP contribution in [0.25, 0.3) is 0 Å². The van der Waals surface area contributed by atoms with Crippen LogP contribution in [0.5, 0.6) is 0 Å². The number of hydrogen-bond donors (Lipinski definition) is 2. The Hall–Kier alpha value is -2.35. The highest BCUT2D eigenvalue weighted by molar-refractivity contribution is 7.89. The van der Waals surface area contributed by atoms with Gasteiger partial charge in [-0.15, -0.1) is 4.83 Å². The average molecular weight is 262 g/mol. The summed E-state index contributed by atoms with van der Waals surface area (Å²) in [5.41, 5.74) is 2.90. The van der Waals surface area contributed by atoms with E-state index in [1.165, 1.54) is 12.1 Å². The molecule has 0 aliphatic carbocycles. The maximum absolute atomic E-state index is 11.7. The molecule has 0 aliphatic heterocycles. The van der Waals surface area contributed by atoms with Gasteiger partial charge >= 0.3 is 0 Å². The van der Waals surface area contributed by atoms with E-state index in [0.717, 1.165) is 11.8 Å². The predicted octanol–water partition coefficient (Wildman–Crippen LogP) is 0.709. The fourth-order valence-electron chi connectivity index (χ4n) is 1.05. The van der Waals surface area contributed by atoms with E-state index in [1.54, 1.807) is 24.3 Å². The Bertz CT molecular complexity index is 617. The molecule has 18 heavy (non-hydrogen) atoms. The van der Waals surface area contributed by atoms with Gasteiger partial charge in [-0.3, -0.25) is 0 Å². The number of hydrogen-bond acceptors (Lipinski definition) is 5. The second-order valence-electron chi connectivity index (χ2n) is 3.34. The van der Waals surface area contributed by atoms with Crippen LogP contribution in [-0.4, -0.2) is 8.42 Å². The molecule has 0 aliphatic rings. The van der Waals surface area contributed by atoms with Crippen LogP contribution in [0, 0.1) is 29.6 Å². The molecule has 2 N–H and O–H groups in total. The van der Waals surface area contributed by atoms with Crippen LogP contribution in [0.1, 0.15) is 5.56 Å². The molecular weight excluding hydrogens is 252 g/mol. The highest BCUT2D eigenvalue weighted by Crippen LogP contribution is 2.08. The van der Waals surface area contributed by atoms with Gasteiger partial charge in [0.1, 0.15) is 17.7 Å². The van der Waals surface area contributed by atoms with E-state index in [0.29, 0.717) is 0 Å². The van der Waals surface area contributed by atoms with Crippen molar-refractivity contribution in [2.24, 2.45) is 0 Å². The fourth-order valence-corrected chi connectivity index (χ4v) is 1.87. The zero-order chi connectivity index (χ0) is 13.6. The molecule has 0 amide bonds. The zero-order valence-electron chi connectivity index (χ0n) is 9.51. The molecule has 1 aromatic carbocycles. The van der Waals surface area contributed by atoms with Gasteiger partial charge in [-0.05, 0) is 19.1 Å². The highest BCUT2D eigenvalue weighted by Gasteiger charge is 2.12. The third-order valence-electron chi connectivity index (χ3n) is 1.98. The lowest BCUT2D eigenvalue weighted by molar-refractivity contribution is 0.574. The topological polar surface area (TPSA) is 106 Å². The highest BCUT2D eigenvalue weighted by atomic mass is 32.2. The largest absolute Gasteiger partial charge is 0.313 e. The molecule has 0 fully saturated rings. The first kappa shape index (κ1) is 13.7. The standard InChI is InChI=1S/C11H10N4O2S/c1-9-2-4-11(5-3-9)18(16,17)15-14-8-10(6-12)7-13/h2-5,8,14-15H,1H3. The first-order valence-corrected chi connectivity index (χ1v) is 6.32. The maximum atomic E-state index is 11.7. The summed E-state index contributed by atoms with van der Waals surface area (Å²) in [5.74, 6) is 0. The first-order chi connectivity index (χ1) is 8.49. The minimum absolute atomic E-state index is 0.0875. The van der Waals surface area contributed by atoms with Crippen molar-refractivity contribution in [1.82, 2.24) is 10.3 Å². The minimum Gasteiger partial charge on any atom is -0.313 e. The van der Waals surface area contributed by atoms with Gasteiger partial charge in [-0.25, -0.2) is 8.42 Å². The lowest BCUT2D eigenvalue weighted by Crippen LogP contribution is -2.33. The molecule has 0 saturated carbocycles. The first-order valence-electron chi connectivity index (χ1n) is 4.84. The fraction of sp³-hybridized carbons (Fsp3) is 0.0909. The van der Waals surface area contributed by atoms with Gasteiger partial charge in [-0.1, -0.05) is 17.7 Å². The summed E-state index contributed by atoms with van der Waals surface area (Å²) in [6.45, 7) is 1.84. The molecule has 1 aromatic rings. The second-order valence-corrected chi connectivity index (χ2v) is 5.03. The molecule has 0 radical (unpaired) electrons. The van der Waals surface area contributed by atoms with Crippen molar-refractivity contribution in [3.8, 4) is 12.1 Å². The molecule has 7 heteroatoms. The van der Waals surface area contributed by atoms with Gasteiger partial charge in [0.2, 0.25) is 0 Å². The van der Waals surface area contributed by atoms with E-state index in [9.17, 15) is 8.42 Å². The van der Waals surface area contributed by atoms with Crippen molar-refractivity contribution in [1.29, 1.82) is 10.5 Å². The number of nitrogens with zero attached hydrogens (tertiary/aromatic N) is 2. The lowest BCUT2D eigenvalue weighted by Gasteiger charge is -2.06. The Morgan fingerprint density at radius 1 is 1.22 bits per heavy atom. The van der Waals surface area contributed by atoms with Gasteiger partial charge in [0.25, 0.3) is 10.0 Å². The number of aryl methyl sites for hydroxylation is 1. The van der Waals surface area contributed by atoms with Crippen molar-refractivity contribution in [3.63, 3.8) is 0 Å². The van der Waals surface area contributed by atoms with E-state index >= 15 is 0 Å². The third kappa shape index (κ3) is 3.59. The Kier molecular flexibility index (Phi) is 4.44. The SMILES string of the molecule is Cc1ccc(S(=O)(=O)NNC=C(C#N)C#N)cc1. The predicted molar refractivity (Wildman–Crippen MR) is 63.9 cm³/mol. The lowest BCUT2D eigenvalue weighted by atomic mass is 10.2. The molecule has 0 heterocycles. The minimum atomic E-state index is -3.71. The van der Waals surface area contributed by atoms with Crippen molar-refractivity contribution in [3.05, 3.63) is 41.6 Å². The van der Waals surface area contributed by atoms with E-state index in [-0.39, 0.29) is 10.5 Å². The molecule has 0 unspecified atom stereocenters. The summed E-state index contributed by atoms with van der Waals surface area (Å²) >= 11 is 0. The van der Waals surface area contributed by atoms with Crippen molar-refractivity contribution in [2.45, 2.75) is 11.8 Å². The van der Waals surface area contributed by atoms with Gasteiger partial charge in [-0.2, -0.15) is 10.5 Å². The van der Waals surface area contributed by atoms with Crippen molar-refractivity contribution in [2.75, 3.05) is 0 Å². The third-order valence-corrected chi connectivity index (χ3v) is 3.26. The van der Waals surface area contributed by atoms with Crippen LogP contribution < -0.4 is 10.3 Å². The Balaban J connectivity index is 2.79.